The molecule has 0 spiro atoms. The van der Waals surface area contributed by atoms with E-state index in [9.17, 15) is 18.0 Å². The summed E-state index contributed by atoms with van der Waals surface area (Å²) in [5.41, 5.74) is 1.59. The lowest BCUT2D eigenvalue weighted by Crippen LogP contribution is -2.59. The van der Waals surface area contributed by atoms with Crippen LogP contribution < -0.4 is 5.32 Å². The van der Waals surface area contributed by atoms with E-state index in [4.69, 9.17) is 28.3 Å². The number of rotatable bonds is 11. The number of nitrogens with one attached hydrogen (secondary N) is 1. The Hall–Kier alpha value is -3.40. The summed E-state index contributed by atoms with van der Waals surface area (Å²) in [7, 11) is -3.64. The van der Waals surface area contributed by atoms with Crippen LogP contribution in [0.15, 0.2) is 72.8 Å². The van der Waals surface area contributed by atoms with E-state index in [2.05, 4.69) is 5.32 Å². The second kappa shape index (κ2) is 13.8. The summed E-state index contributed by atoms with van der Waals surface area (Å²) in [6.45, 7) is 6.82. The molecule has 2 aliphatic rings. The Morgan fingerprint density at radius 1 is 0.979 bits per heavy atom. The number of hydrogen-bond donors (Lipinski definition) is 2. The number of amides is 2. The van der Waals surface area contributed by atoms with Gasteiger partial charge in [0.05, 0.1) is 28.4 Å². The Morgan fingerprint density at radius 3 is 2.19 bits per heavy atom. The minimum absolute atomic E-state index is 0.00128. The van der Waals surface area contributed by atoms with Gasteiger partial charge < -0.3 is 15.3 Å². The fourth-order valence-electron chi connectivity index (χ4n) is 6.75. The Kier molecular flexibility index (Phi) is 10.4. The zero-order valence-electron chi connectivity index (χ0n) is 27.6. The molecule has 1 aliphatic heterocycles. The van der Waals surface area contributed by atoms with Crippen molar-refractivity contribution in [3.63, 3.8) is 0 Å². The van der Waals surface area contributed by atoms with Crippen LogP contribution >= 0.6 is 23.2 Å². The standard InChI is InChI=1S/C37H42Cl2N2O6S/c1-36(2,3)48(46,47)22-31(24-10-11-24)41-34(25-12-14-27(38)15-13-25)30(26-6-5-7-28(39)19-26)20-37(4,35(41)45)21-32(42)40-29-16-8-23(9-17-29)18-33(43)44/h5-9,12-17,19,24,30-31,34H,10-11,18,20-22H2,1-4H3,(H,40,42)(H,43,44)/t30-,31-,34-,37-/m1/s1. The molecule has 0 unspecified atom stereocenters. The van der Waals surface area contributed by atoms with Crippen molar-refractivity contribution < 1.29 is 27.9 Å². The van der Waals surface area contributed by atoms with Gasteiger partial charge in [-0.15, -0.1) is 0 Å². The van der Waals surface area contributed by atoms with Crippen LogP contribution in [0, 0.1) is 11.3 Å². The number of hydrogen-bond acceptors (Lipinski definition) is 5. The number of carboxylic acid groups (broad SMARTS) is 1. The topological polar surface area (TPSA) is 121 Å². The van der Waals surface area contributed by atoms with Crippen LogP contribution in [0.3, 0.4) is 0 Å². The number of carbonyl (C=O) groups excluding carboxylic acids is 2. The molecule has 256 valence electrons. The Bertz CT molecular complexity index is 1790. The van der Waals surface area contributed by atoms with Crippen molar-refractivity contribution in [2.45, 2.75) is 82.5 Å². The monoisotopic (exact) mass is 712 g/mol. The highest BCUT2D eigenvalue weighted by Gasteiger charge is 2.55. The SMILES string of the molecule is CC(C)(C)S(=O)(=O)C[C@H](C1CC1)N1C(=O)[C@@](C)(CC(=O)Nc2ccc(CC(=O)O)cc2)C[C@H](c2cccc(Cl)c2)[C@H]1c1ccc(Cl)cc1. The summed E-state index contributed by atoms with van der Waals surface area (Å²) in [6.07, 6.45) is 1.64. The van der Waals surface area contributed by atoms with E-state index in [1.54, 1.807) is 75.1 Å². The molecule has 8 nitrogen and oxygen atoms in total. The van der Waals surface area contributed by atoms with Crippen molar-refractivity contribution in [3.05, 3.63) is 99.5 Å². The second-order valence-electron chi connectivity index (χ2n) is 14.4. The number of halogens is 2. The Labute approximate surface area is 292 Å². The number of anilines is 1. The average molecular weight is 714 g/mol. The smallest absolute Gasteiger partial charge is 0.307 e. The van der Waals surface area contributed by atoms with Gasteiger partial charge in [-0.2, -0.15) is 0 Å². The molecule has 1 heterocycles. The lowest BCUT2D eigenvalue weighted by atomic mass is 9.66. The van der Waals surface area contributed by atoms with Gasteiger partial charge in [-0.3, -0.25) is 14.4 Å². The highest BCUT2D eigenvalue weighted by atomic mass is 35.5. The van der Waals surface area contributed by atoms with Gasteiger partial charge >= 0.3 is 5.97 Å². The number of aliphatic carboxylic acids is 1. The highest BCUT2D eigenvalue weighted by Crippen LogP contribution is 2.54. The van der Waals surface area contributed by atoms with Gasteiger partial charge in [0.15, 0.2) is 9.84 Å². The van der Waals surface area contributed by atoms with Crippen molar-refractivity contribution in [2.75, 3.05) is 11.1 Å². The molecule has 1 saturated heterocycles. The molecule has 3 aromatic carbocycles. The van der Waals surface area contributed by atoms with Crippen LogP contribution in [0.5, 0.6) is 0 Å². The summed E-state index contributed by atoms with van der Waals surface area (Å²) in [4.78, 5) is 41.6. The number of likely N-dealkylation sites (tertiary alicyclic amines) is 1. The van der Waals surface area contributed by atoms with Crippen LogP contribution in [0.2, 0.25) is 10.0 Å². The number of nitrogens with zero attached hydrogens (tertiary/aromatic N) is 1. The number of carboxylic acids is 1. The Morgan fingerprint density at radius 2 is 1.62 bits per heavy atom. The first-order valence-corrected chi connectivity index (χ1v) is 18.5. The van der Waals surface area contributed by atoms with Crippen molar-refractivity contribution >= 4 is 56.5 Å². The lowest BCUT2D eigenvalue weighted by molar-refractivity contribution is -0.156. The normalized spacial score (nSPS) is 22.3. The molecule has 0 bridgehead atoms. The summed E-state index contributed by atoms with van der Waals surface area (Å²) in [6, 6.07) is 20.2. The largest absolute Gasteiger partial charge is 0.481 e. The summed E-state index contributed by atoms with van der Waals surface area (Å²) in [5, 5.41) is 13.0. The zero-order valence-corrected chi connectivity index (χ0v) is 29.9. The molecule has 4 atom stereocenters. The molecule has 0 aromatic heterocycles. The maximum atomic E-state index is 15.0. The quantitative estimate of drug-likeness (QED) is 0.210. The second-order valence-corrected chi connectivity index (χ2v) is 18.1. The maximum Gasteiger partial charge on any atom is 0.307 e. The van der Waals surface area contributed by atoms with Gasteiger partial charge in [0.1, 0.15) is 0 Å². The maximum absolute atomic E-state index is 15.0. The van der Waals surface area contributed by atoms with Crippen LogP contribution in [0.1, 0.15) is 82.0 Å². The molecule has 5 rings (SSSR count). The fraction of sp³-hybridized carbons (Fsp3) is 0.432. The molecule has 11 heteroatoms. The van der Waals surface area contributed by atoms with Crippen molar-refractivity contribution in [3.8, 4) is 0 Å². The number of benzene rings is 3. The molecule has 48 heavy (non-hydrogen) atoms. The van der Waals surface area contributed by atoms with E-state index in [1.807, 2.05) is 30.3 Å². The summed E-state index contributed by atoms with van der Waals surface area (Å²) >= 11 is 12.8. The van der Waals surface area contributed by atoms with Gasteiger partial charge in [-0.05, 0) is 99.0 Å². The minimum Gasteiger partial charge on any atom is -0.481 e. The highest BCUT2D eigenvalue weighted by molar-refractivity contribution is 7.92. The minimum atomic E-state index is -3.64. The third-order valence-corrected chi connectivity index (χ3v) is 12.7. The van der Waals surface area contributed by atoms with Crippen LogP contribution in [0.25, 0.3) is 0 Å². The number of piperidine rings is 1. The predicted octanol–water partition coefficient (Wildman–Crippen LogP) is 7.70. The van der Waals surface area contributed by atoms with Crippen LogP contribution in [-0.2, 0) is 30.6 Å². The first-order chi connectivity index (χ1) is 22.5. The lowest BCUT2D eigenvalue weighted by Gasteiger charge is -2.52. The van der Waals surface area contributed by atoms with Crippen molar-refractivity contribution in [1.82, 2.24) is 4.90 Å². The van der Waals surface area contributed by atoms with E-state index >= 15 is 4.79 Å². The van der Waals surface area contributed by atoms with E-state index in [0.717, 1.165) is 24.0 Å². The molecular formula is C37H42Cl2N2O6S. The van der Waals surface area contributed by atoms with Crippen LogP contribution in [-0.4, -0.2) is 52.7 Å². The third kappa shape index (κ3) is 8.07. The number of sulfone groups is 1. The Balaban J connectivity index is 1.58. The van der Waals surface area contributed by atoms with Gasteiger partial charge in [-0.25, -0.2) is 8.42 Å². The third-order valence-electron chi connectivity index (χ3n) is 9.58. The molecule has 2 amide bonds. The van der Waals surface area contributed by atoms with E-state index in [0.29, 0.717) is 27.7 Å². The van der Waals surface area contributed by atoms with E-state index in [-0.39, 0.29) is 42.2 Å². The van der Waals surface area contributed by atoms with Crippen molar-refractivity contribution in [2.24, 2.45) is 11.3 Å². The van der Waals surface area contributed by atoms with Gasteiger partial charge in [-0.1, -0.05) is 66.5 Å². The first-order valence-electron chi connectivity index (χ1n) is 16.1. The molecule has 1 saturated carbocycles. The molecule has 3 aromatic rings. The summed E-state index contributed by atoms with van der Waals surface area (Å²) in [5.74, 6) is -2.11. The van der Waals surface area contributed by atoms with E-state index in [1.165, 1.54) is 0 Å². The van der Waals surface area contributed by atoms with E-state index < -0.39 is 38.1 Å². The fourth-order valence-corrected chi connectivity index (χ4v) is 8.46. The molecule has 2 fully saturated rings. The van der Waals surface area contributed by atoms with Crippen molar-refractivity contribution in [1.29, 1.82) is 0 Å². The molecule has 2 N–H and O–H groups in total. The summed E-state index contributed by atoms with van der Waals surface area (Å²) < 4.78 is 26.5. The molecular weight excluding hydrogens is 671 g/mol. The van der Waals surface area contributed by atoms with Crippen LogP contribution in [0.4, 0.5) is 5.69 Å². The molecule has 1 aliphatic carbocycles. The predicted molar refractivity (Wildman–Crippen MR) is 189 cm³/mol. The average Bonchev–Trinajstić information content (AvgIpc) is 3.84. The first kappa shape index (κ1) is 35.9. The van der Waals surface area contributed by atoms with Gasteiger partial charge in [0.2, 0.25) is 11.8 Å². The zero-order chi connectivity index (χ0) is 35.0. The number of carbonyl (C=O) groups is 3. The molecule has 0 radical (unpaired) electrons. The van der Waals surface area contributed by atoms with Gasteiger partial charge in [0.25, 0.3) is 0 Å². The van der Waals surface area contributed by atoms with Gasteiger partial charge in [0, 0.05) is 34.1 Å².